The van der Waals surface area contributed by atoms with Crippen molar-refractivity contribution in [1.82, 2.24) is 14.8 Å². The van der Waals surface area contributed by atoms with Crippen molar-refractivity contribution >= 4 is 33.6 Å². The first kappa shape index (κ1) is 18.8. The van der Waals surface area contributed by atoms with Crippen LogP contribution in [0.25, 0.3) is 5.69 Å². The molecule has 0 saturated heterocycles. The number of rotatable bonds is 5. The van der Waals surface area contributed by atoms with Crippen LogP contribution in [-0.2, 0) is 4.74 Å². The number of benzene rings is 1. The van der Waals surface area contributed by atoms with Crippen LogP contribution in [0.1, 0.15) is 33.3 Å². The van der Waals surface area contributed by atoms with Crippen LogP contribution in [0, 0.1) is 6.92 Å². The average molecular weight is 429 g/mol. The van der Waals surface area contributed by atoms with E-state index >= 15 is 0 Å². The topological polar surface area (TPSA) is 86.1 Å². The van der Waals surface area contributed by atoms with Crippen molar-refractivity contribution in [2.24, 2.45) is 0 Å². The van der Waals surface area contributed by atoms with Gasteiger partial charge >= 0.3 is 5.97 Å². The van der Waals surface area contributed by atoms with Gasteiger partial charge in [0.25, 0.3) is 5.91 Å². The smallest absolute Gasteiger partial charge is 0.341 e. The van der Waals surface area contributed by atoms with Crippen LogP contribution in [-0.4, -0.2) is 33.2 Å². The number of esters is 1. The van der Waals surface area contributed by atoms with Gasteiger partial charge in [-0.1, -0.05) is 0 Å². The summed E-state index contributed by atoms with van der Waals surface area (Å²) in [6.45, 7) is 3.85. The van der Waals surface area contributed by atoms with Gasteiger partial charge in [-0.05, 0) is 66.2 Å². The number of amides is 1. The molecule has 1 N–H and O–H groups in total. The van der Waals surface area contributed by atoms with E-state index in [1.165, 1.54) is 6.20 Å². The quantitative estimate of drug-likeness (QED) is 0.625. The number of hydrogen-bond acceptors (Lipinski definition) is 5. The lowest BCUT2D eigenvalue weighted by atomic mass is 10.2. The van der Waals surface area contributed by atoms with Crippen molar-refractivity contribution in [1.29, 1.82) is 0 Å². The highest BCUT2D eigenvalue weighted by Gasteiger charge is 2.16. The first-order valence-corrected chi connectivity index (χ1v) is 9.04. The van der Waals surface area contributed by atoms with Crippen LogP contribution in [0.15, 0.2) is 53.3 Å². The van der Waals surface area contributed by atoms with E-state index in [0.29, 0.717) is 29.2 Å². The summed E-state index contributed by atoms with van der Waals surface area (Å²) in [6.07, 6.45) is 3.09. The minimum atomic E-state index is -0.403. The van der Waals surface area contributed by atoms with E-state index < -0.39 is 5.97 Å². The lowest BCUT2D eigenvalue weighted by Gasteiger charge is -2.08. The molecule has 7 nitrogen and oxygen atoms in total. The lowest BCUT2D eigenvalue weighted by molar-refractivity contribution is 0.0525. The highest BCUT2D eigenvalue weighted by atomic mass is 79.9. The van der Waals surface area contributed by atoms with Crippen LogP contribution in [0.5, 0.6) is 0 Å². The Labute approximate surface area is 164 Å². The van der Waals surface area contributed by atoms with Crippen molar-refractivity contribution < 1.29 is 14.3 Å². The van der Waals surface area contributed by atoms with E-state index in [0.717, 1.165) is 10.2 Å². The van der Waals surface area contributed by atoms with Crippen molar-refractivity contribution in [2.75, 3.05) is 11.9 Å². The number of halogens is 1. The molecule has 0 radical (unpaired) electrons. The monoisotopic (exact) mass is 428 g/mol. The average Bonchev–Trinajstić information content (AvgIpc) is 3.05. The summed E-state index contributed by atoms with van der Waals surface area (Å²) >= 11 is 3.30. The fourth-order valence-electron chi connectivity index (χ4n) is 2.47. The predicted molar refractivity (Wildman–Crippen MR) is 104 cm³/mol. The second kappa shape index (κ2) is 8.13. The minimum Gasteiger partial charge on any atom is -0.462 e. The number of carbonyl (C=O) groups is 2. The number of nitrogens with one attached hydrogen (secondary N) is 1. The van der Waals surface area contributed by atoms with Gasteiger partial charge in [0.1, 0.15) is 11.4 Å². The van der Waals surface area contributed by atoms with Gasteiger partial charge in [0.05, 0.1) is 24.2 Å². The summed E-state index contributed by atoms with van der Waals surface area (Å²) < 4.78 is 7.48. The summed E-state index contributed by atoms with van der Waals surface area (Å²) in [4.78, 5) is 28.4. The van der Waals surface area contributed by atoms with Crippen LogP contribution >= 0.6 is 15.9 Å². The molecule has 8 heteroatoms. The van der Waals surface area contributed by atoms with E-state index in [4.69, 9.17) is 4.74 Å². The largest absolute Gasteiger partial charge is 0.462 e. The maximum absolute atomic E-state index is 12.3. The molecule has 1 aromatic carbocycles. The van der Waals surface area contributed by atoms with Gasteiger partial charge in [0.2, 0.25) is 0 Å². The second-order valence-electron chi connectivity index (χ2n) is 5.64. The Balaban J connectivity index is 1.76. The van der Waals surface area contributed by atoms with Crippen molar-refractivity contribution in [3.8, 4) is 5.69 Å². The normalized spacial score (nSPS) is 10.5. The molecule has 0 aliphatic carbocycles. The summed E-state index contributed by atoms with van der Waals surface area (Å²) in [6, 6.07) is 10.4. The summed E-state index contributed by atoms with van der Waals surface area (Å²) in [5.74, 6) is -0.200. The first-order valence-electron chi connectivity index (χ1n) is 8.24. The number of pyridine rings is 1. The number of anilines is 1. The predicted octanol–water partition coefficient (Wildman–Crippen LogP) is 3.77. The van der Waals surface area contributed by atoms with Crippen molar-refractivity contribution in [3.05, 3.63) is 70.1 Å². The van der Waals surface area contributed by atoms with Gasteiger partial charge in [-0.25, -0.2) is 14.5 Å². The molecular weight excluding hydrogens is 412 g/mol. The molecule has 2 aromatic heterocycles. The summed E-state index contributed by atoms with van der Waals surface area (Å²) in [5, 5.41) is 6.98. The summed E-state index contributed by atoms with van der Waals surface area (Å²) in [5.41, 5.74) is 2.31. The Morgan fingerprint density at radius 1 is 1.15 bits per heavy atom. The molecule has 2 heterocycles. The highest BCUT2D eigenvalue weighted by molar-refractivity contribution is 9.10. The molecule has 0 unspecified atom stereocenters. The Morgan fingerprint density at radius 3 is 2.52 bits per heavy atom. The third-order valence-corrected chi connectivity index (χ3v) is 4.32. The van der Waals surface area contributed by atoms with Crippen LogP contribution in [0.2, 0.25) is 0 Å². The maximum atomic E-state index is 12.3. The van der Waals surface area contributed by atoms with E-state index in [9.17, 15) is 9.59 Å². The molecule has 27 heavy (non-hydrogen) atoms. The fraction of sp³-hybridized carbons (Fsp3) is 0.158. The third kappa shape index (κ3) is 4.22. The lowest BCUT2D eigenvalue weighted by Crippen LogP contribution is -2.13. The second-order valence-corrected chi connectivity index (χ2v) is 6.55. The van der Waals surface area contributed by atoms with Gasteiger partial charge in [0, 0.05) is 16.2 Å². The number of carbonyl (C=O) groups excluding carboxylic acids is 2. The van der Waals surface area contributed by atoms with Gasteiger partial charge in [-0.2, -0.15) is 5.10 Å². The zero-order chi connectivity index (χ0) is 19.4. The third-order valence-electron chi connectivity index (χ3n) is 3.85. The maximum Gasteiger partial charge on any atom is 0.341 e. The number of hydrogen-bond donors (Lipinski definition) is 1. The van der Waals surface area contributed by atoms with Crippen molar-refractivity contribution in [2.45, 2.75) is 13.8 Å². The molecule has 0 saturated carbocycles. The van der Waals surface area contributed by atoms with Gasteiger partial charge in [-0.15, -0.1) is 0 Å². The highest BCUT2D eigenvalue weighted by Crippen LogP contribution is 2.17. The van der Waals surface area contributed by atoms with Crippen LogP contribution in [0.4, 0.5) is 5.82 Å². The molecule has 0 atom stereocenters. The Morgan fingerprint density at radius 2 is 1.89 bits per heavy atom. The molecule has 3 aromatic rings. The molecule has 0 bridgehead atoms. The van der Waals surface area contributed by atoms with E-state index in [2.05, 4.69) is 31.3 Å². The number of nitrogens with zero attached hydrogens (tertiary/aromatic N) is 3. The number of ether oxygens (including phenoxy) is 1. The van der Waals surface area contributed by atoms with E-state index in [-0.39, 0.29) is 5.91 Å². The molecular formula is C19H17BrN4O3. The molecule has 0 spiro atoms. The first-order chi connectivity index (χ1) is 13.0. The Hall–Kier alpha value is -3.00. The molecule has 1 amide bonds. The Kier molecular flexibility index (Phi) is 5.66. The molecule has 0 aliphatic rings. The molecule has 0 aliphatic heterocycles. The zero-order valence-corrected chi connectivity index (χ0v) is 16.4. The summed E-state index contributed by atoms with van der Waals surface area (Å²) in [7, 11) is 0. The standard InChI is InChI=1S/C19H17BrN4O3/c1-3-27-19(26)16-11-22-24(12(16)2)15-7-4-13(5-8-15)18(25)23-17-9-6-14(20)10-21-17/h4-11H,3H2,1-2H3,(H,21,23,25). The van der Waals surface area contributed by atoms with Gasteiger partial charge in [0.15, 0.2) is 0 Å². The zero-order valence-electron chi connectivity index (χ0n) is 14.8. The van der Waals surface area contributed by atoms with Crippen LogP contribution < -0.4 is 5.32 Å². The van der Waals surface area contributed by atoms with E-state index in [1.54, 1.807) is 61.1 Å². The number of aromatic nitrogens is 3. The fourth-order valence-corrected chi connectivity index (χ4v) is 2.71. The molecule has 138 valence electrons. The van der Waals surface area contributed by atoms with Crippen LogP contribution in [0.3, 0.4) is 0 Å². The van der Waals surface area contributed by atoms with Crippen molar-refractivity contribution in [3.63, 3.8) is 0 Å². The van der Waals surface area contributed by atoms with Gasteiger partial charge < -0.3 is 10.1 Å². The van der Waals surface area contributed by atoms with E-state index in [1.807, 2.05) is 0 Å². The van der Waals surface area contributed by atoms with Gasteiger partial charge in [-0.3, -0.25) is 4.79 Å². The molecule has 3 rings (SSSR count). The molecule has 0 fully saturated rings. The minimum absolute atomic E-state index is 0.263. The SMILES string of the molecule is CCOC(=O)c1cnn(-c2ccc(C(=O)Nc3ccc(Br)cn3)cc2)c1C. The Bertz CT molecular complexity index is 966.